The number of hydrogen-bond donors (Lipinski definition) is 1. The summed E-state index contributed by atoms with van der Waals surface area (Å²) in [5.41, 5.74) is 1.28. The number of benzene rings is 3. The van der Waals surface area contributed by atoms with Gasteiger partial charge in [0.05, 0.1) is 11.4 Å². The molecule has 1 heterocycles. The van der Waals surface area contributed by atoms with Crippen molar-refractivity contribution in [2.45, 2.75) is 13.0 Å². The minimum Gasteiger partial charge on any atom is -0.479 e. The van der Waals surface area contributed by atoms with Crippen LogP contribution in [0.25, 0.3) is 6.08 Å². The number of carboxylic acid groups (broad SMARTS) is 1. The van der Waals surface area contributed by atoms with Crippen LogP contribution in [0.4, 0.5) is 11.4 Å². The van der Waals surface area contributed by atoms with Gasteiger partial charge >= 0.3 is 5.97 Å². The summed E-state index contributed by atoms with van der Waals surface area (Å²) in [5.74, 6) is -2.08. The molecule has 3 aromatic rings. The van der Waals surface area contributed by atoms with Gasteiger partial charge in [0.25, 0.3) is 11.8 Å². The Hall–Kier alpha value is -4.30. The van der Waals surface area contributed by atoms with Crippen molar-refractivity contribution in [2.75, 3.05) is 9.80 Å². The minimum atomic E-state index is -1.14. The van der Waals surface area contributed by atoms with Crippen LogP contribution in [-0.2, 0) is 14.4 Å². The number of hydrogen-bond acceptors (Lipinski definition) is 5. The maximum Gasteiger partial charge on any atom is 0.344 e. The highest BCUT2D eigenvalue weighted by molar-refractivity contribution is 7.81. The van der Waals surface area contributed by atoms with E-state index < -0.39 is 23.9 Å². The van der Waals surface area contributed by atoms with E-state index in [4.69, 9.17) is 17.0 Å². The molecule has 0 spiro atoms. The average Bonchev–Trinajstić information content (AvgIpc) is 2.84. The smallest absolute Gasteiger partial charge is 0.344 e. The van der Waals surface area contributed by atoms with Crippen LogP contribution < -0.4 is 14.5 Å². The first-order valence-electron chi connectivity index (χ1n) is 10.4. The van der Waals surface area contributed by atoms with Crippen LogP contribution in [0.5, 0.6) is 5.75 Å². The van der Waals surface area contributed by atoms with Crippen LogP contribution in [0.3, 0.4) is 0 Å². The number of ether oxygens (including phenoxy) is 1. The number of amides is 2. The van der Waals surface area contributed by atoms with Gasteiger partial charge in [0.1, 0.15) is 11.3 Å². The van der Waals surface area contributed by atoms with Crippen molar-refractivity contribution in [1.82, 2.24) is 0 Å². The molecule has 1 N–H and O–H groups in total. The second-order valence-electron chi connectivity index (χ2n) is 7.43. The number of nitrogens with zero attached hydrogens (tertiary/aromatic N) is 2. The molecule has 1 fully saturated rings. The Morgan fingerprint density at radius 3 is 1.82 bits per heavy atom. The molecule has 170 valence electrons. The number of anilines is 2. The molecule has 0 saturated carbocycles. The fraction of sp³-hybridized carbons (Fsp3) is 0.0769. The van der Waals surface area contributed by atoms with Crippen LogP contribution >= 0.6 is 12.2 Å². The van der Waals surface area contributed by atoms with Crippen LogP contribution in [0.1, 0.15) is 12.5 Å². The van der Waals surface area contributed by atoms with Gasteiger partial charge < -0.3 is 9.84 Å². The first kappa shape index (κ1) is 22.9. The molecule has 0 radical (unpaired) electrons. The standard InChI is InChI=1S/C26H20N2O5S/c1-17(25(31)32)33-22-15-9-8-10-18(22)16-21-23(29)27(19-11-4-2-5-12-19)26(34)28(24(21)30)20-13-6-3-7-14-20/h2-17H,1H3,(H,31,32)/t17-/m0/s1. The first-order valence-corrected chi connectivity index (χ1v) is 10.8. The van der Waals surface area contributed by atoms with Gasteiger partial charge in [-0.05, 0) is 55.5 Å². The van der Waals surface area contributed by atoms with E-state index in [1.54, 1.807) is 72.8 Å². The lowest BCUT2D eigenvalue weighted by Gasteiger charge is -2.36. The topological polar surface area (TPSA) is 87.2 Å². The molecular formula is C26H20N2O5S. The van der Waals surface area contributed by atoms with E-state index in [9.17, 15) is 19.5 Å². The normalized spacial score (nSPS) is 14.7. The van der Waals surface area contributed by atoms with Gasteiger partial charge in [0, 0.05) is 5.56 Å². The molecule has 0 aliphatic carbocycles. The van der Waals surface area contributed by atoms with Gasteiger partial charge in [0.15, 0.2) is 11.2 Å². The van der Waals surface area contributed by atoms with E-state index in [0.717, 1.165) is 0 Å². The second-order valence-corrected chi connectivity index (χ2v) is 7.79. The van der Waals surface area contributed by atoms with Crippen molar-refractivity contribution in [1.29, 1.82) is 0 Å². The Morgan fingerprint density at radius 2 is 1.32 bits per heavy atom. The van der Waals surface area contributed by atoms with E-state index in [1.165, 1.54) is 22.8 Å². The third-order valence-electron chi connectivity index (χ3n) is 5.15. The minimum absolute atomic E-state index is 0.0357. The van der Waals surface area contributed by atoms with Crippen LogP contribution in [0, 0.1) is 0 Å². The van der Waals surface area contributed by atoms with Crippen LogP contribution in [0.2, 0.25) is 0 Å². The SMILES string of the molecule is C[C@H](Oc1ccccc1C=C1C(=O)N(c2ccccc2)C(=S)N(c2ccccc2)C1=O)C(=O)O. The van der Waals surface area contributed by atoms with Crippen molar-refractivity contribution in [3.05, 3.63) is 96.1 Å². The molecular weight excluding hydrogens is 452 g/mol. The molecule has 1 aliphatic heterocycles. The molecule has 34 heavy (non-hydrogen) atoms. The van der Waals surface area contributed by atoms with E-state index in [0.29, 0.717) is 16.9 Å². The van der Waals surface area contributed by atoms with Gasteiger partial charge in [-0.2, -0.15) is 0 Å². The fourth-order valence-corrected chi connectivity index (χ4v) is 3.82. The predicted octanol–water partition coefficient (Wildman–Crippen LogP) is 4.29. The number of carbonyl (C=O) groups excluding carboxylic acids is 2. The summed E-state index contributed by atoms with van der Waals surface area (Å²) >= 11 is 5.59. The maximum absolute atomic E-state index is 13.6. The number of rotatable bonds is 6. The largest absolute Gasteiger partial charge is 0.479 e. The van der Waals surface area contributed by atoms with Gasteiger partial charge in [-0.15, -0.1) is 0 Å². The first-order chi connectivity index (χ1) is 16.4. The highest BCUT2D eigenvalue weighted by Gasteiger charge is 2.41. The van der Waals surface area contributed by atoms with Crippen molar-refractivity contribution >= 4 is 52.6 Å². The van der Waals surface area contributed by atoms with Crippen molar-refractivity contribution in [3.8, 4) is 5.75 Å². The monoisotopic (exact) mass is 472 g/mol. The van der Waals surface area contributed by atoms with E-state index in [-0.39, 0.29) is 16.4 Å². The van der Waals surface area contributed by atoms with Crippen molar-refractivity contribution in [3.63, 3.8) is 0 Å². The fourth-order valence-electron chi connectivity index (χ4n) is 3.44. The number of para-hydroxylation sites is 3. The zero-order chi connectivity index (χ0) is 24.2. The Labute approximate surface area is 201 Å². The van der Waals surface area contributed by atoms with Gasteiger partial charge in [-0.3, -0.25) is 19.4 Å². The van der Waals surface area contributed by atoms with E-state index in [2.05, 4.69) is 0 Å². The third kappa shape index (κ3) is 4.44. The molecule has 7 nitrogen and oxygen atoms in total. The summed E-state index contributed by atoms with van der Waals surface area (Å²) in [6, 6.07) is 24.2. The lowest BCUT2D eigenvalue weighted by molar-refractivity contribution is -0.144. The Balaban J connectivity index is 1.84. The summed E-state index contributed by atoms with van der Waals surface area (Å²) in [6.45, 7) is 1.40. The quantitative estimate of drug-likeness (QED) is 0.327. The molecule has 0 bridgehead atoms. The zero-order valence-electron chi connectivity index (χ0n) is 18.1. The van der Waals surface area contributed by atoms with Gasteiger partial charge in [-0.1, -0.05) is 54.6 Å². The van der Waals surface area contributed by atoms with Crippen molar-refractivity contribution < 1.29 is 24.2 Å². The summed E-state index contributed by atoms with van der Waals surface area (Å²) in [6.07, 6.45) is 0.286. The number of aliphatic carboxylic acids is 1. The second kappa shape index (κ2) is 9.68. The number of carbonyl (C=O) groups is 3. The molecule has 0 aromatic heterocycles. The van der Waals surface area contributed by atoms with Crippen LogP contribution in [0.15, 0.2) is 90.5 Å². The maximum atomic E-state index is 13.6. The summed E-state index contributed by atoms with van der Waals surface area (Å²) in [7, 11) is 0. The molecule has 8 heteroatoms. The van der Waals surface area contributed by atoms with Crippen LogP contribution in [-0.4, -0.2) is 34.1 Å². The lowest BCUT2D eigenvalue weighted by Crippen LogP contribution is -2.56. The summed E-state index contributed by atoms with van der Waals surface area (Å²) < 4.78 is 5.54. The van der Waals surface area contributed by atoms with E-state index >= 15 is 0 Å². The Kier molecular flexibility index (Phi) is 6.51. The highest BCUT2D eigenvalue weighted by Crippen LogP contribution is 2.31. The number of thiocarbonyl (C=S) groups is 1. The molecule has 1 atom stereocenters. The molecule has 1 saturated heterocycles. The molecule has 1 aliphatic rings. The Bertz CT molecular complexity index is 1230. The highest BCUT2D eigenvalue weighted by atomic mass is 32.1. The van der Waals surface area contributed by atoms with Gasteiger partial charge in [0.2, 0.25) is 0 Å². The van der Waals surface area contributed by atoms with Crippen molar-refractivity contribution in [2.24, 2.45) is 0 Å². The Morgan fingerprint density at radius 1 is 0.853 bits per heavy atom. The average molecular weight is 473 g/mol. The number of carboxylic acids is 1. The summed E-state index contributed by atoms with van der Waals surface area (Å²) in [5, 5.41) is 9.25. The molecule has 2 amide bonds. The molecule has 0 unspecified atom stereocenters. The summed E-state index contributed by atoms with van der Waals surface area (Å²) in [4.78, 5) is 41.0. The zero-order valence-corrected chi connectivity index (χ0v) is 18.9. The van der Waals surface area contributed by atoms with Gasteiger partial charge in [-0.25, -0.2) is 4.79 Å². The lowest BCUT2D eigenvalue weighted by atomic mass is 10.0. The molecule has 3 aromatic carbocycles. The third-order valence-corrected chi connectivity index (χ3v) is 5.51. The molecule has 4 rings (SSSR count). The van der Waals surface area contributed by atoms with E-state index in [1.807, 2.05) is 12.1 Å². The predicted molar refractivity (Wildman–Crippen MR) is 133 cm³/mol.